The Bertz CT molecular complexity index is 888. The summed E-state index contributed by atoms with van der Waals surface area (Å²) in [6.07, 6.45) is 0.558. The first-order valence-corrected chi connectivity index (χ1v) is 9.46. The molecular formula is C19H17Cl3N2O3. The van der Waals surface area contributed by atoms with Crippen molar-refractivity contribution in [2.24, 2.45) is 0 Å². The maximum atomic E-state index is 12.8. The van der Waals surface area contributed by atoms with Gasteiger partial charge in [-0.05, 0) is 30.7 Å². The van der Waals surface area contributed by atoms with Gasteiger partial charge in [-0.2, -0.15) is 0 Å². The third kappa shape index (κ3) is 4.32. The molecule has 0 fully saturated rings. The molecule has 8 heteroatoms. The van der Waals surface area contributed by atoms with Crippen molar-refractivity contribution in [1.82, 2.24) is 5.32 Å². The van der Waals surface area contributed by atoms with Gasteiger partial charge in [-0.15, -0.1) is 0 Å². The van der Waals surface area contributed by atoms with Crippen LogP contribution in [0.25, 0.3) is 0 Å². The van der Waals surface area contributed by atoms with Crippen molar-refractivity contribution in [3.63, 3.8) is 0 Å². The molecule has 27 heavy (non-hydrogen) atoms. The number of hydrogen-bond donors (Lipinski definition) is 1. The van der Waals surface area contributed by atoms with Crippen LogP contribution in [0.15, 0.2) is 36.4 Å². The molecular weight excluding hydrogens is 411 g/mol. The van der Waals surface area contributed by atoms with E-state index in [1.807, 2.05) is 0 Å². The van der Waals surface area contributed by atoms with E-state index in [0.29, 0.717) is 51.6 Å². The van der Waals surface area contributed by atoms with Gasteiger partial charge in [0.15, 0.2) is 0 Å². The number of carbonyl (C=O) groups excluding carboxylic acids is 2. The average molecular weight is 428 g/mol. The maximum Gasteiger partial charge on any atom is 0.254 e. The van der Waals surface area contributed by atoms with Crippen molar-refractivity contribution < 1.29 is 14.3 Å². The summed E-state index contributed by atoms with van der Waals surface area (Å²) in [6.45, 7) is 2.14. The molecule has 2 aromatic carbocycles. The lowest BCUT2D eigenvalue weighted by Gasteiger charge is -2.19. The Labute approximate surface area is 172 Å². The number of para-hydroxylation sites is 1. The number of anilines is 1. The first kappa shape index (κ1) is 19.8. The number of hydrogen-bond acceptors (Lipinski definition) is 3. The lowest BCUT2D eigenvalue weighted by atomic mass is 10.1. The summed E-state index contributed by atoms with van der Waals surface area (Å²) in [5.74, 6) is 0.0445. The first-order chi connectivity index (χ1) is 12.9. The molecule has 0 aromatic heterocycles. The van der Waals surface area contributed by atoms with Gasteiger partial charge in [-0.3, -0.25) is 9.59 Å². The molecule has 0 saturated carbocycles. The third-order valence-electron chi connectivity index (χ3n) is 4.14. The van der Waals surface area contributed by atoms with Gasteiger partial charge in [0.2, 0.25) is 5.91 Å². The highest BCUT2D eigenvalue weighted by molar-refractivity contribution is 6.35. The summed E-state index contributed by atoms with van der Waals surface area (Å²) in [5.41, 5.74) is 1.33. The molecule has 0 saturated heterocycles. The van der Waals surface area contributed by atoms with Gasteiger partial charge in [0, 0.05) is 24.1 Å². The van der Waals surface area contributed by atoms with Crippen LogP contribution in [0.5, 0.6) is 5.75 Å². The van der Waals surface area contributed by atoms with Crippen LogP contribution in [0.1, 0.15) is 24.9 Å². The molecule has 1 atom stereocenters. The van der Waals surface area contributed by atoms with E-state index in [9.17, 15) is 9.59 Å². The zero-order chi connectivity index (χ0) is 19.6. The summed E-state index contributed by atoms with van der Waals surface area (Å²) in [4.78, 5) is 25.8. The predicted octanol–water partition coefficient (Wildman–Crippen LogP) is 4.64. The van der Waals surface area contributed by atoms with Gasteiger partial charge in [0.05, 0.1) is 22.3 Å². The highest BCUT2D eigenvalue weighted by Gasteiger charge is 2.38. The van der Waals surface area contributed by atoms with Gasteiger partial charge in [0.1, 0.15) is 11.8 Å². The molecule has 0 spiro atoms. The summed E-state index contributed by atoms with van der Waals surface area (Å²) < 4.78 is 5.67. The summed E-state index contributed by atoms with van der Waals surface area (Å²) in [6, 6.07) is 9.56. The van der Waals surface area contributed by atoms with Gasteiger partial charge >= 0.3 is 0 Å². The maximum absolute atomic E-state index is 12.8. The van der Waals surface area contributed by atoms with Gasteiger partial charge in [-0.25, -0.2) is 0 Å². The molecule has 1 aliphatic rings. The Morgan fingerprint density at radius 1 is 1.19 bits per heavy atom. The summed E-state index contributed by atoms with van der Waals surface area (Å²) in [7, 11) is 0. The second-order valence-electron chi connectivity index (χ2n) is 6.08. The molecule has 1 unspecified atom stereocenters. The van der Waals surface area contributed by atoms with E-state index < -0.39 is 6.04 Å². The molecule has 2 amide bonds. The number of nitrogens with zero attached hydrogens (tertiary/aromatic N) is 1. The fraction of sp³-hybridized carbons (Fsp3) is 0.263. The van der Waals surface area contributed by atoms with Crippen molar-refractivity contribution in [1.29, 1.82) is 0 Å². The normalized spacial score (nSPS) is 15.6. The minimum Gasteiger partial charge on any atom is -0.492 e. The highest BCUT2D eigenvalue weighted by Crippen LogP contribution is 2.41. The molecule has 0 radical (unpaired) electrons. The molecule has 3 rings (SSSR count). The monoisotopic (exact) mass is 426 g/mol. The van der Waals surface area contributed by atoms with Crippen LogP contribution >= 0.6 is 34.8 Å². The molecule has 5 nitrogen and oxygen atoms in total. The van der Waals surface area contributed by atoms with E-state index in [1.165, 1.54) is 6.92 Å². The van der Waals surface area contributed by atoms with Crippen LogP contribution < -0.4 is 15.0 Å². The third-order valence-corrected chi connectivity index (χ3v) is 4.97. The van der Waals surface area contributed by atoms with Gasteiger partial charge < -0.3 is 15.0 Å². The fourth-order valence-electron chi connectivity index (χ4n) is 3.01. The van der Waals surface area contributed by atoms with Crippen LogP contribution in [-0.4, -0.2) is 25.0 Å². The van der Waals surface area contributed by atoms with E-state index in [0.717, 1.165) is 0 Å². The lowest BCUT2D eigenvalue weighted by molar-refractivity contribution is -0.126. The SMILES string of the molecule is CC(=O)NC1C(=O)N(CCCOc2ccc(Cl)cc2Cl)c2c(Cl)cccc21. The zero-order valence-electron chi connectivity index (χ0n) is 14.5. The van der Waals surface area contributed by atoms with Crippen molar-refractivity contribution in [3.8, 4) is 5.75 Å². The Hall–Kier alpha value is -1.95. The van der Waals surface area contributed by atoms with Crippen LogP contribution in [0.2, 0.25) is 15.1 Å². The van der Waals surface area contributed by atoms with Crippen molar-refractivity contribution >= 4 is 52.3 Å². The molecule has 1 aliphatic heterocycles. The lowest BCUT2D eigenvalue weighted by Crippen LogP contribution is -2.37. The van der Waals surface area contributed by atoms with Crippen molar-refractivity contribution in [2.75, 3.05) is 18.1 Å². The molecule has 1 heterocycles. The average Bonchev–Trinajstić information content (AvgIpc) is 2.86. The van der Waals surface area contributed by atoms with Crippen LogP contribution in [0.3, 0.4) is 0 Å². The zero-order valence-corrected chi connectivity index (χ0v) is 16.7. The van der Waals surface area contributed by atoms with Gasteiger partial charge in [0.25, 0.3) is 5.91 Å². The Morgan fingerprint density at radius 3 is 2.67 bits per heavy atom. The highest BCUT2D eigenvalue weighted by atomic mass is 35.5. The smallest absolute Gasteiger partial charge is 0.254 e. The minimum absolute atomic E-state index is 0.210. The molecule has 2 aromatic rings. The van der Waals surface area contributed by atoms with Gasteiger partial charge in [-0.1, -0.05) is 46.9 Å². The number of fused-ring (bicyclic) bond motifs is 1. The molecule has 142 valence electrons. The van der Waals surface area contributed by atoms with E-state index in [1.54, 1.807) is 41.3 Å². The number of ether oxygens (including phenoxy) is 1. The van der Waals surface area contributed by atoms with Crippen LogP contribution in [0, 0.1) is 0 Å². The topological polar surface area (TPSA) is 58.6 Å². The number of nitrogens with one attached hydrogen (secondary N) is 1. The molecule has 0 bridgehead atoms. The van der Waals surface area contributed by atoms with E-state index >= 15 is 0 Å². The molecule has 1 N–H and O–H groups in total. The number of carbonyl (C=O) groups is 2. The number of halogens is 3. The second kappa shape index (κ2) is 8.38. The van der Waals surface area contributed by atoms with E-state index in [2.05, 4.69) is 5.32 Å². The quantitative estimate of drug-likeness (QED) is 0.683. The fourth-order valence-corrected chi connectivity index (χ4v) is 3.76. The minimum atomic E-state index is -0.720. The standard InChI is InChI=1S/C19H17Cl3N2O3/c1-11(25)23-17-13-4-2-5-14(21)18(13)24(19(17)26)8-3-9-27-16-7-6-12(20)10-15(16)22/h2,4-7,10,17H,3,8-9H2,1H3,(H,23,25). The predicted molar refractivity (Wildman–Crippen MR) is 107 cm³/mol. The first-order valence-electron chi connectivity index (χ1n) is 8.33. The number of rotatable bonds is 6. The van der Waals surface area contributed by atoms with Crippen molar-refractivity contribution in [3.05, 3.63) is 57.0 Å². The number of amides is 2. The largest absolute Gasteiger partial charge is 0.492 e. The molecule has 0 aliphatic carbocycles. The Balaban J connectivity index is 1.68. The summed E-state index contributed by atoms with van der Waals surface area (Å²) >= 11 is 18.3. The van der Waals surface area contributed by atoms with Crippen LogP contribution in [0.4, 0.5) is 5.69 Å². The Morgan fingerprint density at radius 2 is 1.96 bits per heavy atom. The van der Waals surface area contributed by atoms with E-state index in [-0.39, 0.29) is 11.8 Å². The number of benzene rings is 2. The van der Waals surface area contributed by atoms with Crippen LogP contribution in [-0.2, 0) is 9.59 Å². The Kier molecular flexibility index (Phi) is 6.15. The van der Waals surface area contributed by atoms with E-state index in [4.69, 9.17) is 39.5 Å². The van der Waals surface area contributed by atoms with Crippen molar-refractivity contribution in [2.45, 2.75) is 19.4 Å². The second-order valence-corrected chi connectivity index (χ2v) is 7.33. The summed E-state index contributed by atoms with van der Waals surface area (Å²) in [5, 5.41) is 4.11.